The van der Waals surface area contributed by atoms with Gasteiger partial charge < -0.3 is 11.1 Å². The maximum Gasteiger partial charge on any atom is 0.330 e. The molecule has 0 saturated carbocycles. The molecule has 18 heavy (non-hydrogen) atoms. The first-order valence-electron chi connectivity index (χ1n) is 5.94. The molecule has 0 saturated heterocycles. The average Bonchev–Trinajstić information content (AvgIpc) is 2.33. The van der Waals surface area contributed by atoms with Crippen molar-refractivity contribution < 1.29 is 4.79 Å². The second-order valence-electron chi connectivity index (χ2n) is 3.99. The van der Waals surface area contributed by atoms with Gasteiger partial charge in [0, 0.05) is 6.54 Å². The molecule has 1 rings (SSSR count). The largest absolute Gasteiger partial charge is 0.383 e. The SMILES string of the molecule is CCCCCCn1c(N)c(NC=O)c(=O)[nH]c1=O. The predicted octanol–water partition coefficient (Wildman–Crippen LogP) is 0.267. The summed E-state index contributed by atoms with van der Waals surface area (Å²) >= 11 is 0. The van der Waals surface area contributed by atoms with Gasteiger partial charge in [-0.3, -0.25) is 19.1 Å². The lowest BCUT2D eigenvalue weighted by Crippen LogP contribution is -2.34. The van der Waals surface area contributed by atoms with Crippen LogP contribution < -0.4 is 22.3 Å². The minimum atomic E-state index is -0.686. The van der Waals surface area contributed by atoms with Crippen LogP contribution in [0.1, 0.15) is 32.6 Å². The number of H-pyrrole nitrogens is 1. The van der Waals surface area contributed by atoms with Crippen LogP contribution in [0.15, 0.2) is 9.59 Å². The Hall–Kier alpha value is -2.05. The van der Waals surface area contributed by atoms with Gasteiger partial charge >= 0.3 is 5.69 Å². The molecule has 0 fully saturated rings. The number of carbonyl (C=O) groups is 1. The molecule has 7 heteroatoms. The third kappa shape index (κ3) is 3.22. The normalized spacial score (nSPS) is 10.3. The van der Waals surface area contributed by atoms with Crippen molar-refractivity contribution in [3.05, 3.63) is 20.8 Å². The Morgan fingerprint density at radius 1 is 1.33 bits per heavy atom. The van der Waals surface area contributed by atoms with E-state index in [1.54, 1.807) is 0 Å². The highest BCUT2D eigenvalue weighted by molar-refractivity contribution is 5.77. The number of aromatic amines is 1. The van der Waals surface area contributed by atoms with E-state index in [0.717, 1.165) is 25.7 Å². The molecule has 1 aromatic heterocycles. The fourth-order valence-corrected chi connectivity index (χ4v) is 1.70. The van der Waals surface area contributed by atoms with Gasteiger partial charge in [0.1, 0.15) is 11.5 Å². The lowest BCUT2D eigenvalue weighted by molar-refractivity contribution is -0.105. The number of nitrogens with one attached hydrogen (secondary N) is 2. The Bertz CT molecular complexity index is 518. The minimum absolute atomic E-state index is 0.00708. The van der Waals surface area contributed by atoms with Gasteiger partial charge in [-0.25, -0.2) is 4.79 Å². The molecule has 0 unspecified atom stereocenters. The lowest BCUT2D eigenvalue weighted by Gasteiger charge is -2.11. The zero-order valence-corrected chi connectivity index (χ0v) is 10.4. The highest BCUT2D eigenvalue weighted by Gasteiger charge is 2.11. The van der Waals surface area contributed by atoms with E-state index in [1.807, 2.05) is 0 Å². The number of anilines is 2. The van der Waals surface area contributed by atoms with E-state index in [2.05, 4.69) is 17.2 Å². The Morgan fingerprint density at radius 2 is 2.06 bits per heavy atom. The highest BCUT2D eigenvalue weighted by Crippen LogP contribution is 2.10. The van der Waals surface area contributed by atoms with Crippen molar-refractivity contribution in [2.45, 2.75) is 39.2 Å². The summed E-state index contributed by atoms with van der Waals surface area (Å²) < 4.78 is 1.27. The van der Waals surface area contributed by atoms with Crippen LogP contribution in [-0.4, -0.2) is 16.0 Å². The van der Waals surface area contributed by atoms with E-state index in [9.17, 15) is 14.4 Å². The van der Waals surface area contributed by atoms with E-state index >= 15 is 0 Å². The van der Waals surface area contributed by atoms with Crippen LogP contribution in [-0.2, 0) is 11.3 Å². The molecule has 0 aliphatic heterocycles. The standard InChI is InChI=1S/C11H18N4O3/c1-2-3-4-5-6-15-9(12)8(13-7-16)10(17)14-11(15)18/h7H,2-6,12H2,1H3,(H,13,16)(H,14,17,18). The summed E-state index contributed by atoms with van der Waals surface area (Å²) in [6.45, 7) is 2.52. The number of hydrogen-bond donors (Lipinski definition) is 3. The Labute approximate surface area is 104 Å². The maximum atomic E-state index is 11.6. The quantitative estimate of drug-likeness (QED) is 0.479. The second kappa shape index (κ2) is 6.63. The van der Waals surface area contributed by atoms with Gasteiger partial charge in [-0.05, 0) is 6.42 Å². The first kappa shape index (κ1) is 14.0. The topological polar surface area (TPSA) is 110 Å². The number of hydrogen-bond acceptors (Lipinski definition) is 4. The lowest BCUT2D eigenvalue weighted by atomic mass is 10.2. The molecule has 0 aromatic carbocycles. The van der Waals surface area contributed by atoms with Gasteiger partial charge in [-0.15, -0.1) is 0 Å². The first-order valence-corrected chi connectivity index (χ1v) is 5.94. The smallest absolute Gasteiger partial charge is 0.330 e. The molecule has 0 radical (unpaired) electrons. The van der Waals surface area contributed by atoms with E-state index in [1.165, 1.54) is 4.57 Å². The van der Waals surface area contributed by atoms with E-state index in [0.29, 0.717) is 13.0 Å². The summed E-state index contributed by atoms with van der Waals surface area (Å²) in [6, 6.07) is 0. The van der Waals surface area contributed by atoms with Crippen molar-refractivity contribution in [2.75, 3.05) is 11.1 Å². The molecule has 0 aliphatic carbocycles. The van der Waals surface area contributed by atoms with Gasteiger partial charge in [0.25, 0.3) is 5.56 Å². The van der Waals surface area contributed by atoms with Gasteiger partial charge in [-0.2, -0.15) is 0 Å². The van der Waals surface area contributed by atoms with E-state index in [-0.39, 0.29) is 11.5 Å². The van der Waals surface area contributed by atoms with Crippen LogP contribution in [0.25, 0.3) is 0 Å². The number of amides is 1. The second-order valence-corrected chi connectivity index (χ2v) is 3.99. The zero-order chi connectivity index (χ0) is 13.5. The van der Waals surface area contributed by atoms with E-state index in [4.69, 9.17) is 5.73 Å². The van der Waals surface area contributed by atoms with Crippen molar-refractivity contribution >= 4 is 17.9 Å². The summed E-state index contributed by atoms with van der Waals surface area (Å²) in [5, 5.41) is 2.20. The number of carbonyl (C=O) groups excluding carboxylic acids is 1. The molecular weight excluding hydrogens is 236 g/mol. The molecule has 7 nitrogen and oxygen atoms in total. The third-order valence-electron chi connectivity index (χ3n) is 2.68. The molecule has 4 N–H and O–H groups in total. The van der Waals surface area contributed by atoms with Gasteiger partial charge in [-0.1, -0.05) is 26.2 Å². The van der Waals surface area contributed by atoms with Crippen molar-refractivity contribution in [3.8, 4) is 0 Å². The van der Waals surface area contributed by atoms with Crippen LogP contribution in [0.4, 0.5) is 11.5 Å². The van der Waals surface area contributed by atoms with Crippen molar-refractivity contribution in [3.63, 3.8) is 0 Å². The summed E-state index contributed by atoms with van der Waals surface area (Å²) in [7, 11) is 0. The molecular formula is C11H18N4O3. The van der Waals surface area contributed by atoms with Crippen LogP contribution >= 0.6 is 0 Å². The van der Waals surface area contributed by atoms with Crippen LogP contribution in [0.5, 0.6) is 0 Å². The molecule has 0 aliphatic rings. The molecule has 0 spiro atoms. The first-order chi connectivity index (χ1) is 8.61. The van der Waals surface area contributed by atoms with Crippen molar-refractivity contribution in [2.24, 2.45) is 0 Å². The number of nitrogens with zero attached hydrogens (tertiary/aromatic N) is 1. The number of rotatable bonds is 7. The van der Waals surface area contributed by atoms with Crippen molar-refractivity contribution in [1.29, 1.82) is 0 Å². The van der Waals surface area contributed by atoms with Crippen LogP contribution in [0.2, 0.25) is 0 Å². The monoisotopic (exact) mass is 254 g/mol. The van der Waals surface area contributed by atoms with E-state index < -0.39 is 11.2 Å². The van der Waals surface area contributed by atoms with Crippen LogP contribution in [0, 0.1) is 0 Å². The minimum Gasteiger partial charge on any atom is -0.383 e. The zero-order valence-electron chi connectivity index (χ0n) is 10.4. The maximum absolute atomic E-state index is 11.6. The highest BCUT2D eigenvalue weighted by atomic mass is 16.2. The Kier molecular flexibility index (Phi) is 5.16. The fourth-order valence-electron chi connectivity index (χ4n) is 1.70. The molecule has 100 valence electrons. The number of aromatic nitrogens is 2. The fraction of sp³-hybridized carbons (Fsp3) is 0.545. The summed E-state index contributed by atoms with van der Waals surface area (Å²) in [5.41, 5.74) is 4.39. The molecule has 0 bridgehead atoms. The summed E-state index contributed by atoms with van der Waals surface area (Å²) in [5.74, 6) is -0.00708. The number of unbranched alkanes of at least 4 members (excludes halogenated alkanes) is 3. The number of nitrogens with two attached hydrogens (primary N) is 1. The summed E-state index contributed by atoms with van der Waals surface area (Å²) in [6.07, 6.45) is 4.31. The summed E-state index contributed by atoms with van der Waals surface area (Å²) in [4.78, 5) is 35.5. The van der Waals surface area contributed by atoms with Crippen molar-refractivity contribution in [1.82, 2.24) is 9.55 Å². The molecule has 0 atom stereocenters. The van der Waals surface area contributed by atoms with Gasteiger partial charge in [0.05, 0.1) is 0 Å². The Morgan fingerprint density at radius 3 is 2.67 bits per heavy atom. The molecule has 1 amide bonds. The number of nitrogen functional groups attached to an aromatic ring is 1. The van der Waals surface area contributed by atoms with Gasteiger partial charge in [0.15, 0.2) is 0 Å². The predicted molar refractivity (Wildman–Crippen MR) is 69.6 cm³/mol. The third-order valence-corrected chi connectivity index (χ3v) is 2.68. The van der Waals surface area contributed by atoms with Gasteiger partial charge in [0.2, 0.25) is 6.41 Å². The molecule has 1 heterocycles. The Balaban J connectivity index is 2.96. The molecule has 1 aromatic rings. The van der Waals surface area contributed by atoms with Crippen LogP contribution in [0.3, 0.4) is 0 Å². The average molecular weight is 254 g/mol.